The van der Waals surface area contributed by atoms with Crippen LogP contribution in [0, 0.1) is 6.92 Å². The molecule has 1 unspecified atom stereocenters. The summed E-state index contributed by atoms with van der Waals surface area (Å²) < 4.78 is -1.02. The second-order valence-electron chi connectivity index (χ2n) is 3.33. The molecule has 1 atom stereocenters. The van der Waals surface area contributed by atoms with E-state index in [0.29, 0.717) is 6.42 Å². The summed E-state index contributed by atoms with van der Waals surface area (Å²) in [5.41, 5.74) is 1.81. The number of hydrogen-bond acceptors (Lipinski definition) is 1. The number of amides is 1. The number of nitrogens with one attached hydrogen (secondary N) is 1. The minimum Gasteiger partial charge on any atom is -0.324 e. The average Bonchev–Trinajstić information content (AvgIpc) is 2.21. The summed E-state index contributed by atoms with van der Waals surface area (Å²) in [5, 5.41) is 2.78. The maximum atomic E-state index is 11.7. The van der Waals surface area contributed by atoms with Crippen LogP contribution >= 0.6 is 27.5 Å². The van der Waals surface area contributed by atoms with Gasteiger partial charge in [0.2, 0.25) is 0 Å². The number of benzene rings is 1. The predicted octanol–water partition coefficient (Wildman–Crippen LogP) is 3.67. The van der Waals surface area contributed by atoms with Gasteiger partial charge in [0.25, 0.3) is 5.91 Å². The van der Waals surface area contributed by atoms with Gasteiger partial charge in [-0.15, -0.1) is 0 Å². The molecule has 0 spiro atoms. The highest BCUT2D eigenvalue weighted by Crippen LogP contribution is 2.29. The molecule has 0 heterocycles. The normalized spacial score (nSPS) is 14.4. The molecule has 1 N–H and O–H groups in total. The van der Waals surface area contributed by atoms with Gasteiger partial charge in [-0.1, -0.05) is 52.7 Å². The molecule has 0 saturated heterocycles. The van der Waals surface area contributed by atoms with Crippen molar-refractivity contribution in [2.75, 3.05) is 5.32 Å². The van der Waals surface area contributed by atoms with Crippen molar-refractivity contribution in [3.8, 4) is 0 Å². The Morgan fingerprint density at radius 2 is 2.13 bits per heavy atom. The van der Waals surface area contributed by atoms with Gasteiger partial charge in [0.15, 0.2) is 3.78 Å². The largest absolute Gasteiger partial charge is 0.324 e. The smallest absolute Gasteiger partial charge is 0.256 e. The first kappa shape index (κ1) is 12.5. The number of carbonyl (C=O) groups excluding carboxylic acids is 1. The monoisotopic (exact) mass is 289 g/mol. The Morgan fingerprint density at radius 3 is 2.67 bits per heavy atom. The molecule has 4 heteroatoms. The van der Waals surface area contributed by atoms with Crippen molar-refractivity contribution in [2.45, 2.75) is 24.1 Å². The Hall–Kier alpha value is -0.540. The summed E-state index contributed by atoms with van der Waals surface area (Å²) in [6.07, 6.45) is 0.520. The molecule has 0 radical (unpaired) electrons. The highest BCUT2D eigenvalue weighted by molar-refractivity contribution is 9.10. The third kappa shape index (κ3) is 3.21. The second-order valence-corrected chi connectivity index (χ2v) is 5.78. The van der Waals surface area contributed by atoms with E-state index in [-0.39, 0.29) is 5.91 Å². The van der Waals surface area contributed by atoms with Crippen molar-refractivity contribution < 1.29 is 4.79 Å². The number of aryl methyl sites for hydroxylation is 1. The van der Waals surface area contributed by atoms with Crippen LogP contribution in [-0.4, -0.2) is 9.69 Å². The van der Waals surface area contributed by atoms with Gasteiger partial charge >= 0.3 is 0 Å². The van der Waals surface area contributed by atoms with Crippen LogP contribution in [0.15, 0.2) is 24.3 Å². The lowest BCUT2D eigenvalue weighted by atomic mass is 10.2. The molecular weight excluding hydrogens is 277 g/mol. The fourth-order valence-corrected chi connectivity index (χ4v) is 1.23. The van der Waals surface area contributed by atoms with Crippen LogP contribution < -0.4 is 5.32 Å². The number of alkyl halides is 2. The summed E-state index contributed by atoms with van der Waals surface area (Å²) in [7, 11) is 0. The van der Waals surface area contributed by atoms with Gasteiger partial charge in [-0.2, -0.15) is 0 Å². The molecule has 0 aromatic heterocycles. The Morgan fingerprint density at radius 1 is 1.53 bits per heavy atom. The van der Waals surface area contributed by atoms with Crippen LogP contribution in [0.5, 0.6) is 0 Å². The molecule has 1 rings (SSSR count). The maximum absolute atomic E-state index is 11.7. The zero-order valence-corrected chi connectivity index (χ0v) is 11.0. The van der Waals surface area contributed by atoms with Gasteiger partial charge in [0.1, 0.15) is 0 Å². The molecular formula is C11H13BrClNO. The van der Waals surface area contributed by atoms with Gasteiger partial charge in [0.05, 0.1) is 0 Å². The second kappa shape index (κ2) is 4.99. The van der Waals surface area contributed by atoms with Gasteiger partial charge in [-0.05, 0) is 25.0 Å². The molecule has 0 aliphatic carbocycles. The van der Waals surface area contributed by atoms with Gasteiger partial charge in [0, 0.05) is 5.69 Å². The lowest BCUT2D eigenvalue weighted by molar-refractivity contribution is -0.116. The van der Waals surface area contributed by atoms with E-state index < -0.39 is 3.78 Å². The highest BCUT2D eigenvalue weighted by atomic mass is 79.9. The summed E-state index contributed by atoms with van der Waals surface area (Å²) in [6.45, 7) is 3.78. The zero-order valence-electron chi connectivity index (χ0n) is 8.68. The lowest BCUT2D eigenvalue weighted by Crippen LogP contribution is -2.31. The molecule has 0 aliphatic heterocycles. The standard InChI is InChI=1S/C11H13BrClNO/c1-3-11(12,13)10(15)14-9-7-5-4-6-8(9)2/h4-7H,3H2,1-2H3,(H,14,15). The summed E-state index contributed by atoms with van der Waals surface area (Å²) >= 11 is 9.16. The molecule has 0 bridgehead atoms. The third-order valence-corrected chi connectivity index (χ3v) is 3.53. The van der Waals surface area contributed by atoms with Crippen molar-refractivity contribution in [3.05, 3.63) is 29.8 Å². The summed E-state index contributed by atoms with van der Waals surface area (Å²) in [5.74, 6) is -0.235. The molecule has 15 heavy (non-hydrogen) atoms. The quantitative estimate of drug-likeness (QED) is 0.846. The number of carbonyl (C=O) groups is 1. The van der Waals surface area contributed by atoms with Crippen molar-refractivity contribution in [1.82, 2.24) is 0 Å². The Labute approximate surface area is 103 Å². The lowest BCUT2D eigenvalue weighted by Gasteiger charge is -2.17. The molecule has 0 saturated carbocycles. The molecule has 1 aromatic rings. The number of anilines is 1. The molecule has 1 aromatic carbocycles. The van der Waals surface area contributed by atoms with Crippen molar-refractivity contribution in [2.24, 2.45) is 0 Å². The fraction of sp³-hybridized carbons (Fsp3) is 0.364. The number of hydrogen-bond donors (Lipinski definition) is 1. The number of para-hydroxylation sites is 1. The van der Waals surface area contributed by atoms with E-state index in [2.05, 4.69) is 21.2 Å². The van der Waals surface area contributed by atoms with E-state index in [9.17, 15) is 4.79 Å². The van der Waals surface area contributed by atoms with E-state index in [4.69, 9.17) is 11.6 Å². The first-order valence-electron chi connectivity index (χ1n) is 4.72. The summed E-state index contributed by atoms with van der Waals surface area (Å²) in [6, 6.07) is 7.58. The van der Waals surface area contributed by atoms with Gasteiger partial charge < -0.3 is 5.32 Å². The fourth-order valence-electron chi connectivity index (χ4n) is 1.09. The van der Waals surface area contributed by atoms with E-state index >= 15 is 0 Å². The van der Waals surface area contributed by atoms with Crippen LogP contribution in [0.2, 0.25) is 0 Å². The number of rotatable bonds is 3. The molecule has 0 aliphatic rings. The van der Waals surface area contributed by atoms with Gasteiger partial charge in [-0.3, -0.25) is 4.79 Å². The first-order valence-corrected chi connectivity index (χ1v) is 5.89. The topological polar surface area (TPSA) is 29.1 Å². The van der Waals surface area contributed by atoms with Crippen molar-refractivity contribution in [1.29, 1.82) is 0 Å². The number of halogens is 2. The highest BCUT2D eigenvalue weighted by Gasteiger charge is 2.30. The van der Waals surface area contributed by atoms with Gasteiger partial charge in [-0.25, -0.2) is 0 Å². The first-order chi connectivity index (χ1) is 6.97. The minimum absolute atomic E-state index is 0.235. The summed E-state index contributed by atoms with van der Waals surface area (Å²) in [4.78, 5) is 11.7. The SMILES string of the molecule is CCC(Cl)(Br)C(=O)Nc1ccccc1C. The van der Waals surface area contributed by atoms with E-state index in [0.717, 1.165) is 11.3 Å². The third-order valence-electron chi connectivity index (χ3n) is 2.17. The van der Waals surface area contributed by atoms with E-state index in [1.54, 1.807) is 0 Å². The van der Waals surface area contributed by atoms with Crippen LogP contribution in [0.1, 0.15) is 18.9 Å². The minimum atomic E-state index is -1.02. The molecule has 2 nitrogen and oxygen atoms in total. The molecule has 1 amide bonds. The molecule has 0 fully saturated rings. The average molecular weight is 291 g/mol. The maximum Gasteiger partial charge on any atom is 0.256 e. The Bertz CT molecular complexity index is 365. The Balaban J connectivity index is 2.80. The zero-order chi connectivity index (χ0) is 11.5. The van der Waals surface area contributed by atoms with Crippen LogP contribution in [0.4, 0.5) is 5.69 Å². The van der Waals surface area contributed by atoms with Crippen LogP contribution in [0.3, 0.4) is 0 Å². The Kier molecular flexibility index (Phi) is 4.17. The molecule has 82 valence electrons. The van der Waals surface area contributed by atoms with Crippen LogP contribution in [0.25, 0.3) is 0 Å². The van der Waals surface area contributed by atoms with Crippen LogP contribution in [-0.2, 0) is 4.79 Å². The van der Waals surface area contributed by atoms with Crippen molar-refractivity contribution in [3.63, 3.8) is 0 Å². The predicted molar refractivity (Wildman–Crippen MR) is 67.6 cm³/mol. The van der Waals surface area contributed by atoms with E-state index in [1.165, 1.54) is 0 Å². The van der Waals surface area contributed by atoms with E-state index in [1.807, 2.05) is 38.1 Å². The van der Waals surface area contributed by atoms with Crippen molar-refractivity contribution >= 4 is 39.1 Å².